The third kappa shape index (κ3) is 3.92. The van der Waals surface area contributed by atoms with Crippen LogP contribution in [0.4, 0.5) is 4.79 Å². The van der Waals surface area contributed by atoms with E-state index in [-0.39, 0.29) is 12.1 Å². The van der Waals surface area contributed by atoms with Crippen molar-refractivity contribution in [1.82, 2.24) is 4.90 Å². The van der Waals surface area contributed by atoms with Crippen LogP contribution in [0.1, 0.15) is 76.5 Å². The first-order valence-electron chi connectivity index (χ1n) is 9.47. The Bertz CT molecular complexity index is 525. The number of aliphatic hydroxyl groups is 1. The predicted molar refractivity (Wildman–Crippen MR) is 95.7 cm³/mol. The molecule has 0 spiro atoms. The molecule has 1 aliphatic heterocycles. The first-order valence-corrected chi connectivity index (χ1v) is 9.47. The summed E-state index contributed by atoms with van der Waals surface area (Å²) in [5.41, 5.74) is 2.11. The zero-order chi connectivity index (χ0) is 17.5. The molecule has 1 saturated carbocycles. The van der Waals surface area contributed by atoms with Crippen LogP contribution in [0.5, 0.6) is 0 Å². The molecule has 3 rings (SSSR count). The summed E-state index contributed by atoms with van der Waals surface area (Å²) in [5.74, 6) is 0. The van der Waals surface area contributed by atoms with Gasteiger partial charge in [-0.15, -0.1) is 0 Å². The molecule has 1 heterocycles. The Hall–Kier alpha value is -1.55. The zero-order valence-electron chi connectivity index (χ0n) is 15.2. The minimum Gasteiger partial charge on any atom is -0.436 e. The number of aliphatic hydroxyl groups excluding tert-OH is 1. The molecule has 0 bridgehead atoms. The molecule has 0 aromatic heterocycles. The van der Waals surface area contributed by atoms with E-state index in [9.17, 15) is 9.90 Å². The molecule has 2 aliphatic rings. The normalized spacial score (nSPS) is 24.3. The molecule has 1 aromatic carbocycles. The van der Waals surface area contributed by atoms with Crippen molar-refractivity contribution in [3.63, 3.8) is 0 Å². The molecule has 2 atom stereocenters. The lowest BCUT2D eigenvalue weighted by molar-refractivity contribution is -0.00875. The van der Waals surface area contributed by atoms with Crippen molar-refractivity contribution in [3.8, 4) is 0 Å². The maximum Gasteiger partial charge on any atom is 0.412 e. The molecule has 1 N–H and O–H groups in total. The summed E-state index contributed by atoms with van der Waals surface area (Å²) in [4.78, 5) is 13.9. The van der Waals surface area contributed by atoms with Crippen LogP contribution in [-0.4, -0.2) is 28.4 Å². The maximum atomic E-state index is 12.3. The summed E-state index contributed by atoms with van der Waals surface area (Å²) in [6.07, 6.45) is 5.57. The van der Waals surface area contributed by atoms with Crippen LogP contribution in [0.2, 0.25) is 0 Å². The maximum absolute atomic E-state index is 12.3. The number of nitrogens with zero attached hydrogens (tertiary/aromatic N) is 1. The monoisotopic (exact) mass is 333 g/mol. The van der Waals surface area contributed by atoms with Gasteiger partial charge in [0.15, 0.2) is 12.3 Å². The number of amides is 1. The van der Waals surface area contributed by atoms with Crippen LogP contribution in [0.15, 0.2) is 24.3 Å². The number of cyclic esters (lactones) is 1. The fourth-order valence-corrected chi connectivity index (χ4v) is 3.74. The molecule has 1 saturated heterocycles. The number of hydrogen-bond acceptors (Lipinski definition) is 3. The Labute approximate surface area is 145 Å². The van der Waals surface area contributed by atoms with Crippen molar-refractivity contribution in [1.29, 1.82) is 0 Å². The first kappa shape index (κ1) is 18.8. The van der Waals surface area contributed by atoms with E-state index in [1.54, 1.807) is 4.90 Å². The highest BCUT2D eigenvalue weighted by atomic mass is 16.6. The lowest BCUT2D eigenvalue weighted by atomic mass is 9.93. The minimum atomic E-state index is -0.867. The van der Waals surface area contributed by atoms with E-state index in [1.165, 1.54) is 6.42 Å². The quantitative estimate of drug-likeness (QED) is 0.860. The van der Waals surface area contributed by atoms with Gasteiger partial charge in [-0.3, -0.25) is 4.90 Å². The summed E-state index contributed by atoms with van der Waals surface area (Å²) in [6, 6.07) is 8.09. The van der Waals surface area contributed by atoms with Crippen LogP contribution in [0.3, 0.4) is 0 Å². The van der Waals surface area contributed by atoms with Gasteiger partial charge in [0.25, 0.3) is 0 Å². The molecule has 134 valence electrons. The average molecular weight is 333 g/mol. The van der Waals surface area contributed by atoms with Crippen LogP contribution in [-0.2, 0) is 11.2 Å². The van der Waals surface area contributed by atoms with Crippen molar-refractivity contribution < 1.29 is 14.6 Å². The number of carbonyl (C=O) groups excluding carboxylic acids is 1. The van der Waals surface area contributed by atoms with Gasteiger partial charge >= 0.3 is 6.09 Å². The molecule has 2 fully saturated rings. The lowest BCUT2D eigenvalue weighted by Crippen LogP contribution is -2.43. The van der Waals surface area contributed by atoms with Crippen LogP contribution in [0.25, 0.3) is 0 Å². The smallest absolute Gasteiger partial charge is 0.412 e. The second-order valence-corrected chi connectivity index (χ2v) is 6.37. The summed E-state index contributed by atoms with van der Waals surface area (Å²) >= 11 is 0. The number of aryl methyl sites for hydroxylation is 1. The highest BCUT2D eigenvalue weighted by molar-refractivity contribution is 5.71. The molecule has 4 heteroatoms. The first-order chi connectivity index (χ1) is 11.7. The van der Waals surface area contributed by atoms with Gasteiger partial charge in [0, 0.05) is 11.6 Å². The summed E-state index contributed by atoms with van der Waals surface area (Å²) in [6.45, 7) is 6.13. The Morgan fingerprint density at radius 2 is 1.83 bits per heavy atom. The Kier molecular flexibility index (Phi) is 7.10. The second-order valence-electron chi connectivity index (χ2n) is 6.37. The Morgan fingerprint density at radius 3 is 2.50 bits per heavy atom. The molecule has 4 nitrogen and oxygen atoms in total. The molecule has 1 amide bonds. The van der Waals surface area contributed by atoms with Crippen LogP contribution in [0, 0.1) is 0 Å². The predicted octanol–water partition coefficient (Wildman–Crippen LogP) is 4.81. The van der Waals surface area contributed by atoms with Crippen molar-refractivity contribution in [2.75, 3.05) is 0 Å². The van der Waals surface area contributed by atoms with Gasteiger partial charge in [0.05, 0.1) is 0 Å². The third-order valence-corrected chi connectivity index (χ3v) is 4.84. The molecule has 2 unspecified atom stereocenters. The number of ether oxygens (including phenoxy) is 1. The highest BCUT2D eigenvalue weighted by Gasteiger charge is 2.45. The van der Waals surface area contributed by atoms with Crippen molar-refractivity contribution in [2.24, 2.45) is 0 Å². The van der Waals surface area contributed by atoms with Gasteiger partial charge in [0.1, 0.15) is 0 Å². The van der Waals surface area contributed by atoms with E-state index in [0.717, 1.165) is 49.7 Å². The summed E-state index contributed by atoms with van der Waals surface area (Å²) in [5, 5.41) is 10.7. The Balaban J connectivity index is 0.00000100. The SMILES string of the molecule is CC.CCCc1ccccc1C1OC(=O)N(C2CCCCC2)C1O. The number of carbonyl (C=O) groups is 1. The number of rotatable bonds is 4. The molecule has 24 heavy (non-hydrogen) atoms. The molecular formula is C20H31NO3. The van der Waals surface area contributed by atoms with Gasteiger partial charge in [-0.2, -0.15) is 0 Å². The van der Waals surface area contributed by atoms with Gasteiger partial charge in [0.2, 0.25) is 0 Å². The third-order valence-electron chi connectivity index (χ3n) is 4.84. The number of benzene rings is 1. The van der Waals surface area contributed by atoms with Gasteiger partial charge in [-0.25, -0.2) is 4.79 Å². The standard InChI is InChI=1S/C18H25NO3.C2H6/c1-2-8-13-9-6-7-12-15(13)16-17(20)19(18(21)22-16)14-10-4-3-5-11-14;1-2/h6-7,9,12,14,16-17,20H,2-5,8,10-11H2,1H3;1-2H3. The van der Waals surface area contributed by atoms with E-state index in [0.29, 0.717) is 0 Å². The molecule has 1 aromatic rings. The van der Waals surface area contributed by atoms with Crippen molar-refractivity contribution in [2.45, 2.75) is 84.1 Å². The van der Waals surface area contributed by atoms with Crippen molar-refractivity contribution >= 4 is 6.09 Å². The second kappa shape index (κ2) is 9.07. The number of hydrogen-bond donors (Lipinski definition) is 1. The molecular weight excluding hydrogens is 302 g/mol. The summed E-state index contributed by atoms with van der Waals surface area (Å²) in [7, 11) is 0. The van der Waals surface area contributed by atoms with E-state index >= 15 is 0 Å². The summed E-state index contributed by atoms with van der Waals surface area (Å²) < 4.78 is 5.55. The van der Waals surface area contributed by atoms with Crippen LogP contribution >= 0.6 is 0 Å². The highest BCUT2D eigenvalue weighted by Crippen LogP contribution is 2.37. The zero-order valence-corrected chi connectivity index (χ0v) is 15.2. The van der Waals surface area contributed by atoms with Crippen LogP contribution < -0.4 is 0 Å². The van der Waals surface area contributed by atoms with Gasteiger partial charge in [-0.05, 0) is 24.8 Å². The van der Waals surface area contributed by atoms with Gasteiger partial charge < -0.3 is 9.84 Å². The average Bonchev–Trinajstić information content (AvgIpc) is 2.92. The van der Waals surface area contributed by atoms with Gasteiger partial charge in [-0.1, -0.05) is 70.7 Å². The van der Waals surface area contributed by atoms with E-state index in [4.69, 9.17) is 4.74 Å². The fraction of sp³-hybridized carbons (Fsp3) is 0.650. The lowest BCUT2D eigenvalue weighted by Gasteiger charge is -2.31. The van der Waals surface area contributed by atoms with E-state index in [2.05, 4.69) is 13.0 Å². The molecule has 1 aliphatic carbocycles. The van der Waals surface area contributed by atoms with E-state index < -0.39 is 12.3 Å². The van der Waals surface area contributed by atoms with Crippen molar-refractivity contribution in [3.05, 3.63) is 35.4 Å². The topological polar surface area (TPSA) is 49.8 Å². The minimum absolute atomic E-state index is 0.125. The Morgan fingerprint density at radius 1 is 1.17 bits per heavy atom. The molecule has 0 radical (unpaired) electrons. The largest absolute Gasteiger partial charge is 0.436 e. The van der Waals surface area contributed by atoms with E-state index in [1.807, 2.05) is 32.0 Å². The fourth-order valence-electron chi connectivity index (χ4n) is 3.74.